The maximum atomic E-state index is 13.8. The number of hydrogen-bond acceptors (Lipinski definition) is 8. The summed E-state index contributed by atoms with van der Waals surface area (Å²) in [5.74, 6) is -2.42. The van der Waals surface area contributed by atoms with Crippen LogP contribution < -0.4 is 5.32 Å². The fourth-order valence-electron chi connectivity index (χ4n) is 6.52. The van der Waals surface area contributed by atoms with Crippen molar-refractivity contribution in [3.8, 4) is 5.75 Å². The average Bonchev–Trinajstić information content (AvgIpc) is 3.45. The Morgan fingerprint density at radius 1 is 1.11 bits per heavy atom. The highest BCUT2D eigenvalue weighted by Gasteiger charge is 2.78. The number of phenols is 1. The second-order valence-electron chi connectivity index (χ2n) is 11.2. The van der Waals surface area contributed by atoms with Crippen LogP contribution in [0, 0.1) is 23.7 Å². The number of epoxide rings is 1. The van der Waals surface area contributed by atoms with Gasteiger partial charge in [-0.3, -0.25) is 9.59 Å². The summed E-state index contributed by atoms with van der Waals surface area (Å²) in [6, 6.07) is 6.41. The topological polar surface area (TPSA) is 135 Å². The molecule has 1 aromatic carbocycles. The molecule has 3 fully saturated rings. The number of fused-ring (bicyclic) bond motifs is 2. The third-order valence-corrected chi connectivity index (χ3v) is 8.73. The lowest BCUT2D eigenvalue weighted by Gasteiger charge is -2.45. The van der Waals surface area contributed by atoms with E-state index < -0.39 is 52.4 Å². The molecule has 37 heavy (non-hydrogen) atoms. The highest BCUT2D eigenvalue weighted by molar-refractivity contribution is 5.92. The van der Waals surface area contributed by atoms with Gasteiger partial charge in [-0.2, -0.15) is 0 Å². The van der Waals surface area contributed by atoms with E-state index in [4.69, 9.17) is 14.2 Å². The molecule has 1 spiro atoms. The van der Waals surface area contributed by atoms with Gasteiger partial charge in [0.1, 0.15) is 11.4 Å². The molecule has 198 valence electrons. The predicted octanol–water partition coefficient (Wildman–Crippen LogP) is 2.79. The van der Waals surface area contributed by atoms with Gasteiger partial charge in [0.05, 0.1) is 23.9 Å². The molecule has 3 heterocycles. The number of nitrogens with one attached hydrogen (secondary N) is 1. The molecule has 5 rings (SSSR count). The summed E-state index contributed by atoms with van der Waals surface area (Å²) in [6.07, 6.45) is 4.98. The summed E-state index contributed by atoms with van der Waals surface area (Å²) in [6.45, 7) is 7.06. The number of ether oxygens (including phenoxy) is 3. The SMILES string of the molecule is C[C@H]1C/C=C/[C@H]2[C@@H]3O[C@]3(C)[C@@H](C)[C@H]3[C@H](Cc4ccc(O)cc4)NC(=O)[C@]32OC(=O)O/C=C/[C@@](C)(O)C1=O. The number of phenolic OH excluding ortho intramolecular Hbond substituents is 1. The fourth-order valence-corrected chi connectivity index (χ4v) is 6.52. The first-order chi connectivity index (χ1) is 17.4. The number of carbonyl (C=O) groups is 3. The lowest BCUT2D eigenvalue weighted by Crippen LogP contribution is -2.61. The molecule has 9 nitrogen and oxygen atoms in total. The Bertz CT molecular complexity index is 1170. The van der Waals surface area contributed by atoms with Gasteiger partial charge in [-0.1, -0.05) is 38.1 Å². The molecule has 4 aliphatic rings. The minimum atomic E-state index is -1.83. The van der Waals surface area contributed by atoms with Crippen LogP contribution in [0.1, 0.15) is 39.7 Å². The zero-order chi connectivity index (χ0) is 26.8. The van der Waals surface area contributed by atoms with Crippen molar-refractivity contribution in [3.63, 3.8) is 0 Å². The van der Waals surface area contributed by atoms with Crippen molar-refractivity contribution in [2.75, 3.05) is 0 Å². The second-order valence-corrected chi connectivity index (χ2v) is 11.2. The van der Waals surface area contributed by atoms with Gasteiger partial charge in [0.25, 0.3) is 5.91 Å². The van der Waals surface area contributed by atoms with Crippen LogP contribution in [0.3, 0.4) is 0 Å². The number of amides is 1. The van der Waals surface area contributed by atoms with E-state index in [9.17, 15) is 24.6 Å². The van der Waals surface area contributed by atoms with Crippen LogP contribution in [0.15, 0.2) is 48.8 Å². The van der Waals surface area contributed by atoms with Crippen LogP contribution in [-0.2, 0) is 30.2 Å². The Labute approximate surface area is 215 Å². The van der Waals surface area contributed by atoms with E-state index in [0.717, 1.165) is 17.9 Å². The second kappa shape index (κ2) is 8.70. The van der Waals surface area contributed by atoms with Crippen LogP contribution in [0.25, 0.3) is 0 Å². The van der Waals surface area contributed by atoms with E-state index in [1.807, 2.05) is 19.9 Å². The number of hydrogen-bond donors (Lipinski definition) is 3. The number of benzene rings is 1. The Morgan fingerprint density at radius 3 is 2.51 bits per heavy atom. The maximum Gasteiger partial charge on any atom is 0.514 e. The van der Waals surface area contributed by atoms with Crippen molar-refractivity contribution in [1.29, 1.82) is 0 Å². The van der Waals surface area contributed by atoms with Crippen LogP contribution in [0.2, 0.25) is 0 Å². The summed E-state index contributed by atoms with van der Waals surface area (Å²) in [5, 5.41) is 23.3. The molecule has 1 aliphatic carbocycles. The average molecular weight is 512 g/mol. The highest BCUT2D eigenvalue weighted by Crippen LogP contribution is 2.63. The van der Waals surface area contributed by atoms with E-state index in [2.05, 4.69) is 5.32 Å². The summed E-state index contributed by atoms with van der Waals surface area (Å²) < 4.78 is 17.3. The molecule has 9 heteroatoms. The monoisotopic (exact) mass is 511 g/mol. The first-order valence-corrected chi connectivity index (χ1v) is 12.7. The Hall–Kier alpha value is -3.17. The van der Waals surface area contributed by atoms with E-state index in [1.165, 1.54) is 6.92 Å². The molecular formula is C28H33NO8. The van der Waals surface area contributed by atoms with Gasteiger partial charge in [0.15, 0.2) is 5.78 Å². The Kier molecular flexibility index (Phi) is 5.99. The molecule has 1 aromatic rings. The van der Waals surface area contributed by atoms with Crippen molar-refractivity contribution >= 4 is 17.8 Å². The van der Waals surface area contributed by atoms with Gasteiger partial charge >= 0.3 is 6.16 Å². The molecule has 0 bridgehead atoms. The molecule has 0 unspecified atom stereocenters. The van der Waals surface area contributed by atoms with Crippen molar-refractivity contribution in [3.05, 3.63) is 54.3 Å². The first kappa shape index (κ1) is 25.5. The van der Waals surface area contributed by atoms with E-state index in [-0.39, 0.29) is 23.8 Å². The molecule has 1 saturated carbocycles. The van der Waals surface area contributed by atoms with Crippen molar-refractivity contribution in [2.24, 2.45) is 23.7 Å². The zero-order valence-corrected chi connectivity index (χ0v) is 21.3. The number of aromatic hydroxyl groups is 1. The van der Waals surface area contributed by atoms with Gasteiger partial charge in [-0.25, -0.2) is 4.79 Å². The summed E-state index contributed by atoms with van der Waals surface area (Å²) in [7, 11) is 0. The van der Waals surface area contributed by atoms with Gasteiger partial charge in [0, 0.05) is 17.9 Å². The third-order valence-electron chi connectivity index (χ3n) is 8.73. The number of Topliss-reactive ketones (excluding diaryl/α,β-unsaturated/α-hetero) is 1. The number of allylic oxidation sites excluding steroid dienone is 1. The first-order valence-electron chi connectivity index (χ1n) is 12.7. The van der Waals surface area contributed by atoms with Crippen LogP contribution in [0.5, 0.6) is 5.75 Å². The molecule has 0 radical (unpaired) electrons. The van der Waals surface area contributed by atoms with E-state index in [0.29, 0.717) is 12.8 Å². The normalized spacial score (nSPS) is 44.8. The van der Waals surface area contributed by atoms with Gasteiger partial charge in [-0.05, 0) is 56.4 Å². The van der Waals surface area contributed by atoms with Gasteiger partial charge in [0.2, 0.25) is 5.60 Å². The number of aliphatic hydroxyl groups is 1. The quantitative estimate of drug-likeness (QED) is 0.313. The minimum absolute atomic E-state index is 0.148. The number of carbonyl (C=O) groups excluding carboxylic acids is 3. The smallest absolute Gasteiger partial charge is 0.508 e. The fraction of sp³-hybridized carbons (Fsp3) is 0.536. The standard InChI is InChI=1S/C28H33NO8/c1-15-6-5-7-19-23-27(4,36-23)16(2)21-20(14-17-8-10-18(30)11-9-17)29-24(32)28(19,21)37-25(33)35-13-12-26(3,34)22(15)31/h5,7-13,15-16,19-21,23,30,34H,6,14H2,1-4H3,(H,29,32)/b7-5+,13-12+/t15-,16-,19-,20-,21-,23-,26+,27+,28+/m0/s1. The van der Waals surface area contributed by atoms with Crippen LogP contribution in [-0.4, -0.2) is 57.0 Å². The molecule has 2 saturated heterocycles. The Morgan fingerprint density at radius 2 is 1.81 bits per heavy atom. The van der Waals surface area contributed by atoms with Crippen LogP contribution >= 0.6 is 0 Å². The third kappa shape index (κ3) is 4.05. The Balaban J connectivity index is 1.57. The van der Waals surface area contributed by atoms with Crippen molar-refractivity contribution < 1.29 is 38.8 Å². The summed E-state index contributed by atoms with van der Waals surface area (Å²) in [4.78, 5) is 39.5. The molecule has 1 amide bonds. The lowest BCUT2D eigenvalue weighted by molar-refractivity contribution is -0.153. The molecule has 0 aromatic heterocycles. The van der Waals surface area contributed by atoms with Gasteiger partial charge in [-0.15, -0.1) is 0 Å². The van der Waals surface area contributed by atoms with E-state index in [1.54, 1.807) is 37.3 Å². The van der Waals surface area contributed by atoms with Crippen LogP contribution in [0.4, 0.5) is 4.79 Å². The van der Waals surface area contributed by atoms with Crippen molar-refractivity contribution in [1.82, 2.24) is 5.32 Å². The minimum Gasteiger partial charge on any atom is -0.508 e. The van der Waals surface area contributed by atoms with Crippen molar-refractivity contribution in [2.45, 2.75) is 69.5 Å². The van der Waals surface area contributed by atoms with Gasteiger partial charge < -0.3 is 29.7 Å². The highest BCUT2D eigenvalue weighted by atomic mass is 16.7. The number of rotatable bonds is 2. The molecule has 9 atom stereocenters. The molecule has 3 aliphatic heterocycles. The lowest BCUT2D eigenvalue weighted by atomic mass is 9.59. The zero-order valence-electron chi connectivity index (χ0n) is 21.3. The molecule has 3 N–H and O–H groups in total. The predicted molar refractivity (Wildman–Crippen MR) is 131 cm³/mol. The summed E-state index contributed by atoms with van der Waals surface area (Å²) in [5.41, 5.74) is -3.03. The number of ketones is 1. The maximum absolute atomic E-state index is 13.8. The van der Waals surface area contributed by atoms with E-state index >= 15 is 0 Å². The molecular weight excluding hydrogens is 478 g/mol. The largest absolute Gasteiger partial charge is 0.514 e. The summed E-state index contributed by atoms with van der Waals surface area (Å²) >= 11 is 0. The number of cyclic esters (lactones) is 1.